The van der Waals surface area contributed by atoms with Crippen molar-refractivity contribution in [2.75, 3.05) is 0 Å². The van der Waals surface area contributed by atoms with Crippen LogP contribution in [0, 0.1) is 0 Å². The molecule has 0 radical (unpaired) electrons. The third-order valence-electron chi connectivity index (χ3n) is 6.50. The van der Waals surface area contributed by atoms with Crippen LogP contribution in [0.2, 0.25) is 0 Å². The van der Waals surface area contributed by atoms with Gasteiger partial charge in [0, 0.05) is 21.9 Å². The molecule has 0 unspecified atom stereocenters. The first-order valence-electron chi connectivity index (χ1n) is 11.7. The molecule has 166 valence electrons. The maximum atomic E-state index is 5.06. The Balaban J connectivity index is 1.70. The lowest BCUT2D eigenvalue weighted by molar-refractivity contribution is 1.16. The van der Waals surface area contributed by atoms with Crippen LogP contribution in [0.15, 0.2) is 134 Å². The smallest absolute Gasteiger partial charge is 0.0730 e. The minimum absolute atomic E-state index is 0.911. The summed E-state index contributed by atoms with van der Waals surface area (Å²) in [5.41, 5.74) is 9.42. The van der Waals surface area contributed by atoms with Crippen molar-refractivity contribution in [3.8, 4) is 28.2 Å². The van der Waals surface area contributed by atoms with E-state index < -0.39 is 0 Å². The standard InChI is InChI=1S/C33H24N2/c1-3-23(2)26-18-19-29-28-16-10-11-17-32(28)35(33(29)20-26)27-21-30(24-12-6-4-7-13-24)34-31(22-27)25-14-8-5-9-15-25/h3-22H,1-2H2. The van der Waals surface area contributed by atoms with Crippen LogP contribution < -0.4 is 0 Å². The Morgan fingerprint density at radius 2 is 1.20 bits per heavy atom. The monoisotopic (exact) mass is 448 g/mol. The summed E-state index contributed by atoms with van der Waals surface area (Å²) in [5, 5.41) is 2.43. The van der Waals surface area contributed by atoms with Gasteiger partial charge in [0.2, 0.25) is 0 Å². The number of nitrogens with zero attached hydrogens (tertiary/aromatic N) is 2. The molecular formula is C33H24N2. The highest BCUT2D eigenvalue weighted by atomic mass is 15.0. The second-order valence-electron chi connectivity index (χ2n) is 8.64. The Morgan fingerprint density at radius 1 is 0.629 bits per heavy atom. The normalized spacial score (nSPS) is 11.1. The Hall–Kier alpha value is -4.69. The van der Waals surface area contributed by atoms with Gasteiger partial charge in [0.25, 0.3) is 0 Å². The molecule has 6 rings (SSSR count). The van der Waals surface area contributed by atoms with Gasteiger partial charge in [-0.05, 0) is 35.4 Å². The number of aromatic nitrogens is 2. The van der Waals surface area contributed by atoms with Gasteiger partial charge in [-0.1, -0.05) is 110 Å². The minimum Gasteiger partial charge on any atom is -0.309 e. The van der Waals surface area contributed by atoms with E-state index in [2.05, 4.69) is 121 Å². The lowest BCUT2D eigenvalue weighted by Crippen LogP contribution is -1.98. The summed E-state index contributed by atoms with van der Waals surface area (Å²) in [4.78, 5) is 5.06. The van der Waals surface area contributed by atoms with Crippen LogP contribution in [0.5, 0.6) is 0 Å². The second kappa shape index (κ2) is 8.58. The predicted octanol–water partition coefficient (Wildman–Crippen LogP) is 8.71. The number of pyridine rings is 1. The maximum absolute atomic E-state index is 5.06. The molecule has 2 heteroatoms. The van der Waals surface area contributed by atoms with E-state index in [1.54, 1.807) is 0 Å². The summed E-state index contributed by atoms with van der Waals surface area (Å²) in [7, 11) is 0. The number of para-hydroxylation sites is 1. The fraction of sp³-hybridized carbons (Fsp3) is 0. The second-order valence-corrected chi connectivity index (χ2v) is 8.64. The first-order valence-corrected chi connectivity index (χ1v) is 11.7. The van der Waals surface area contributed by atoms with Gasteiger partial charge in [-0.15, -0.1) is 0 Å². The maximum Gasteiger partial charge on any atom is 0.0730 e. The van der Waals surface area contributed by atoms with Gasteiger partial charge < -0.3 is 4.57 Å². The number of benzene rings is 4. The average Bonchev–Trinajstić information content (AvgIpc) is 3.27. The number of fused-ring (bicyclic) bond motifs is 3. The third-order valence-corrected chi connectivity index (χ3v) is 6.50. The Morgan fingerprint density at radius 3 is 1.83 bits per heavy atom. The van der Waals surface area contributed by atoms with Crippen LogP contribution in [0.1, 0.15) is 5.56 Å². The van der Waals surface area contributed by atoms with Gasteiger partial charge in [0.1, 0.15) is 0 Å². The molecule has 2 nitrogen and oxygen atoms in total. The lowest BCUT2D eigenvalue weighted by Gasteiger charge is -2.13. The lowest BCUT2D eigenvalue weighted by atomic mass is 10.0. The molecule has 0 fully saturated rings. The van der Waals surface area contributed by atoms with Crippen molar-refractivity contribution in [2.24, 2.45) is 0 Å². The minimum atomic E-state index is 0.911. The molecule has 0 atom stereocenters. The Kier molecular flexibility index (Phi) is 5.12. The van der Waals surface area contributed by atoms with Gasteiger partial charge >= 0.3 is 0 Å². The Bertz CT molecular complexity index is 1650. The van der Waals surface area contributed by atoms with Crippen molar-refractivity contribution in [3.05, 3.63) is 140 Å². The van der Waals surface area contributed by atoms with Crippen molar-refractivity contribution < 1.29 is 0 Å². The molecule has 0 saturated heterocycles. The van der Waals surface area contributed by atoms with Crippen molar-refractivity contribution in [3.63, 3.8) is 0 Å². The SMILES string of the molecule is C=CC(=C)c1ccc2c3ccccc3n(-c3cc(-c4ccccc4)nc(-c4ccccc4)c3)c2c1. The highest BCUT2D eigenvalue weighted by Gasteiger charge is 2.15. The van der Waals surface area contributed by atoms with Crippen LogP contribution in [-0.2, 0) is 0 Å². The summed E-state index contributed by atoms with van der Waals surface area (Å²) in [6.45, 7) is 8.09. The fourth-order valence-electron chi connectivity index (χ4n) is 4.73. The van der Waals surface area contributed by atoms with Crippen molar-refractivity contribution in [1.82, 2.24) is 9.55 Å². The molecule has 35 heavy (non-hydrogen) atoms. The zero-order chi connectivity index (χ0) is 23.8. The molecule has 2 heterocycles. The molecule has 2 aromatic heterocycles. The largest absolute Gasteiger partial charge is 0.309 e. The summed E-state index contributed by atoms with van der Waals surface area (Å²) in [6.07, 6.45) is 1.81. The van der Waals surface area contributed by atoms with Crippen LogP contribution >= 0.6 is 0 Å². The predicted molar refractivity (Wildman–Crippen MR) is 149 cm³/mol. The molecular weight excluding hydrogens is 424 g/mol. The molecule has 0 spiro atoms. The fourth-order valence-corrected chi connectivity index (χ4v) is 4.73. The van der Waals surface area contributed by atoms with Gasteiger partial charge in [-0.2, -0.15) is 0 Å². The van der Waals surface area contributed by atoms with Crippen LogP contribution in [0.3, 0.4) is 0 Å². The number of rotatable bonds is 5. The topological polar surface area (TPSA) is 17.8 Å². The van der Waals surface area contributed by atoms with E-state index in [-0.39, 0.29) is 0 Å². The third kappa shape index (κ3) is 3.66. The summed E-state index contributed by atoms with van der Waals surface area (Å²) in [6, 6.07) is 40.2. The zero-order valence-corrected chi connectivity index (χ0v) is 19.4. The van der Waals surface area contributed by atoms with Crippen LogP contribution in [0.4, 0.5) is 0 Å². The first kappa shape index (κ1) is 20.9. The summed E-state index contributed by atoms with van der Waals surface area (Å²) >= 11 is 0. The summed E-state index contributed by atoms with van der Waals surface area (Å²) in [5.74, 6) is 0. The van der Waals surface area contributed by atoms with E-state index in [1.807, 2.05) is 18.2 Å². The highest BCUT2D eigenvalue weighted by Crippen LogP contribution is 2.36. The molecule has 0 aliphatic rings. The average molecular weight is 449 g/mol. The van der Waals surface area contributed by atoms with E-state index in [4.69, 9.17) is 4.98 Å². The number of hydrogen-bond acceptors (Lipinski definition) is 1. The van der Waals surface area contributed by atoms with Crippen molar-refractivity contribution >= 4 is 27.4 Å². The molecule has 0 bridgehead atoms. The Labute approximate surface area is 205 Å². The zero-order valence-electron chi connectivity index (χ0n) is 19.4. The molecule has 0 N–H and O–H groups in total. The van der Waals surface area contributed by atoms with E-state index in [9.17, 15) is 0 Å². The first-order chi connectivity index (χ1) is 17.2. The highest BCUT2D eigenvalue weighted by molar-refractivity contribution is 6.10. The van der Waals surface area contributed by atoms with E-state index in [1.165, 1.54) is 10.8 Å². The molecule has 0 aliphatic heterocycles. The van der Waals surface area contributed by atoms with Gasteiger partial charge in [-0.25, -0.2) is 4.98 Å². The van der Waals surface area contributed by atoms with Crippen LogP contribution in [0.25, 0.3) is 55.6 Å². The van der Waals surface area contributed by atoms with Gasteiger partial charge in [0.05, 0.1) is 28.1 Å². The molecule has 0 aliphatic carbocycles. The number of hydrogen-bond donors (Lipinski definition) is 0. The molecule has 6 aromatic rings. The van der Waals surface area contributed by atoms with E-state index in [0.717, 1.165) is 50.4 Å². The quantitative estimate of drug-likeness (QED) is 0.241. The molecule has 4 aromatic carbocycles. The van der Waals surface area contributed by atoms with Crippen molar-refractivity contribution in [1.29, 1.82) is 0 Å². The molecule has 0 amide bonds. The number of allylic oxidation sites excluding steroid dienone is 2. The van der Waals surface area contributed by atoms with Gasteiger partial charge in [0.15, 0.2) is 0 Å². The van der Waals surface area contributed by atoms with E-state index in [0.29, 0.717) is 0 Å². The van der Waals surface area contributed by atoms with Crippen LogP contribution in [-0.4, -0.2) is 9.55 Å². The van der Waals surface area contributed by atoms with Gasteiger partial charge in [-0.3, -0.25) is 0 Å². The van der Waals surface area contributed by atoms with E-state index >= 15 is 0 Å². The summed E-state index contributed by atoms with van der Waals surface area (Å²) < 4.78 is 2.34. The van der Waals surface area contributed by atoms with Crippen molar-refractivity contribution in [2.45, 2.75) is 0 Å². The molecule has 0 saturated carbocycles.